The monoisotopic (exact) mass is 539 g/mol. The summed E-state index contributed by atoms with van der Waals surface area (Å²) >= 11 is 12.7. The van der Waals surface area contributed by atoms with E-state index in [1.807, 2.05) is 95.6 Å². The molecule has 5 aromatic rings. The van der Waals surface area contributed by atoms with Gasteiger partial charge in [0.25, 0.3) is 0 Å². The lowest BCUT2D eigenvalue weighted by Gasteiger charge is -2.25. The lowest BCUT2D eigenvalue weighted by molar-refractivity contribution is 0.482. The standard InChI is InChI=1S/C30H23Cl2N5O/c31-25-11-10-24(29(32)16-25)19-36(26-12-14-28(15-13-26)38-27-4-2-1-3-5-27)20-30-35-34-21-37(30)18-23-8-6-22(17-33)7-9-23/h1-16,21H,18-20H2. The van der Waals surface area contributed by atoms with Crippen molar-refractivity contribution in [1.29, 1.82) is 5.26 Å². The highest BCUT2D eigenvalue weighted by Crippen LogP contribution is 2.29. The maximum atomic E-state index is 9.08. The van der Waals surface area contributed by atoms with E-state index in [0.29, 0.717) is 35.2 Å². The van der Waals surface area contributed by atoms with Crippen LogP contribution in [0.25, 0.3) is 0 Å². The largest absolute Gasteiger partial charge is 0.457 e. The zero-order chi connectivity index (χ0) is 26.3. The van der Waals surface area contributed by atoms with Crippen LogP contribution in [0, 0.1) is 11.3 Å². The number of halogens is 2. The molecule has 188 valence electrons. The Morgan fingerprint density at radius 3 is 2.29 bits per heavy atom. The van der Waals surface area contributed by atoms with Gasteiger partial charge in [0.05, 0.1) is 24.7 Å². The predicted molar refractivity (Wildman–Crippen MR) is 150 cm³/mol. The molecule has 1 heterocycles. The molecule has 0 aliphatic carbocycles. The predicted octanol–water partition coefficient (Wildman–Crippen LogP) is 7.50. The lowest BCUT2D eigenvalue weighted by atomic mass is 10.1. The van der Waals surface area contributed by atoms with Crippen LogP contribution >= 0.6 is 23.2 Å². The molecule has 0 aliphatic rings. The third-order valence-electron chi connectivity index (χ3n) is 6.02. The zero-order valence-electron chi connectivity index (χ0n) is 20.3. The van der Waals surface area contributed by atoms with E-state index in [1.54, 1.807) is 12.4 Å². The van der Waals surface area contributed by atoms with Crippen molar-refractivity contribution in [3.63, 3.8) is 0 Å². The number of hydrogen-bond acceptors (Lipinski definition) is 5. The van der Waals surface area contributed by atoms with Crippen molar-refractivity contribution in [3.05, 3.63) is 136 Å². The van der Waals surface area contributed by atoms with E-state index in [0.717, 1.165) is 34.1 Å². The normalized spacial score (nSPS) is 10.7. The highest BCUT2D eigenvalue weighted by molar-refractivity contribution is 6.35. The number of nitrogens with zero attached hydrogens (tertiary/aromatic N) is 5. The van der Waals surface area contributed by atoms with Crippen molar-refractivity contribution < 1.29 is 4.74 Å². The first-order valence-electron chi connectivity index (χ1n) is 11.9. The molecule has 6 nitrogen and oxygen atoms in total. The van der Waals surface area contributed by atoms with Crippen LogP contribution in [0.1, 0.15) is 22.5 Å². The second-order valence-electron chi connectivity index (χ2n) is 8.68. The Bertz CT molecular complexity index is 1540. The topological polar surface area (TPSA) is 67.0 Å². The summed E-state index contributed by atoms with van der Waals surface area (Å²) in [6, 6.07) is 32.8. The molecule has 0 fully saturated rings. The maximum Gasteiger partial charge on any atom is 0.152 e. The number of para-hydroxylation sites is 1. The molecule has 4 aromatic carbocycles. The van der Waals surface area contributed by atoms with Crippen LogP contribution in [0.2, 0.25) is 10.0 Å². The van der Waals surface area contributed by atoms with Gasteiger partial charge in [-0.2, -0.15) is 5.26 Å². The number of nitriles is 1. The van der Waals surface area contributed by atoms with Gasteiger partial charge >= 0.3 is 0 Å². The number of anilines is 1. The second kappa shape index (κ2) is 11.8. The summed E-state index contributed by atoms with van der Waals surface area (Å²) in [6.45, 7) is 1.63. The zero-order valence-corrected chi connectivity index (χ0v) is 21.8. The van der Waals surface area contributed by atoms with Gasteiger partial charge in [-0.15, -0.1) is 10.2 Å². The van der Waals surface area contributed by atoms with Gasteiger partial charge in [-0.25, -0.2) is 0 Å². The molecule has 38 heavy (non-hydrogen) atoms. The molecule has 0 atom stereocenters. The van der Waals surface area contributed by atoms with Gasteiger partial charge in [-0.05, 0) is 71.8 Å². The molecule has 0 N–H and O–H groups in total. The van der Waals surface area contributed by atoms with Crippen molar-refractivity contribution in [3.8, 4) is 17.6 Å². The Labute approximate surface area is 231 Å². The molecule has 0 unspecified atom stereocenters. The number of rotatable bonds is 9. The smallest absolute Gasteiger partial charge is 0.152 e. The first-order valence-corrected chi connectivity index (χ1v) is 12.7. The fourth-order valence-corrected chi connectivity index (χ4v) is 4.50. The minimum atomic E-state index is 0.494. The third-order valence-corrected chi connectivity index (χ3v) is 6.61. The fraction of sp³-hybridized carbons (Fsp3) is 0.100. The molecule has 0 saturated carbocycles. The van der Waals surface area contributed by atoms with E-state index in [9.17, 15) is 0 Å². The van der Waals surface area contributed by atoms with Crippen molar-refractivity contribution in [2.45, 2.75) is 19.6 Å². The quantitative estimate of drug-likeness (QED) is 0.194. The Hall–Kier alpha value is -4.31. The van der Waals surface area contributed by atoms with Gasteiger partial charge in [-0.1, -0.05) is 59.6 Å². The Morgan fingerprint density at radius 1 is 0.842 bits per heavy atom. The van der Waals surface area contributed by atoms with E-state index >= 15 is 0 Å². The van der Waals surface area contributed by atoms with E-state index in [4.69, 9.17) is 33.2 Å². The van der Waals surface area contributed by atoms with Gasteiger partial charge in [-0.3, -0.25) is 0 Å². The van der Waals surface area contributed by atoms with E-state index < -0.39 is 0 Å². The average molecular weight is 540 g/mol. The summed E-state index contributed by atoms with van der Waals surface area (Å²) in [4.78, 5) is 2.18. The average Bonchev–Trinajstić information content (AvgIpc) is 3.37. The number of hydrogen-bond donors (Lipinski definition) is 0. The lowest BCUT2D eigenvalue weighted by Crippen LogP contribution is -2.24. The summed E-state index contributed by atoms with van der Waals surface area (Å²) in [5.74, 6) is 2.32. The number of ether oxygens (including phenoxy) is 1. The van der Waals surface area contributed by atoms with E-state index in [-0.39, 0.29) is 0 Å². The van der Waals surface area contributed by atoms with Crippen molar-refractivity contribution >= 4 is 28.9 Å². The minimum Gasteiger partial charge on any atom is -0.457 e. The van der Waals surface area contributed by atoms with E-state index in [1.165, 1.54) is 0 Å². The SMILES string of the molecule is N#Cc1ccc(Cn2cnnc2CN(Cc2ccc(Cl)cc2Cl)c2ccc(Oc3ccccc3)cc2)cc1. The molecule has 0 radical (unpaired) electrons. The van der Waals surface area contributed by atoms with Crippen molar-refractivity contribution in [2.24, 2.45) is 0 Å². The van der Waals surface area contributed by atoms with Gasteiger partial charge in [0.15, 0.2) is 5.82 Å². The van der Waals surface area contributed by atoms with Crippen molar-refractivity contribution in [1.82, 2.24) is 14.8 Å². The summed E-state index contributed by atoms with van der Waals surface area (Å²) in [5.41, 5.74) is 3.60. The van der Waals surface area contributed by atoms with Gasteiger partial charge in [0.1, 0.15) is 17.8 Å². The van der Waals surface area contributed by atoms with Gasteiger partial charge in [0, 0.05) is 22.3 Å². The van der Waals surface area contributed by atoms with Crippen LogP contribution in [-0.4, -0.2) is 14.8 Å². The second-order valence-corrected chi connectivity index (χ2v) is 9.53. The maximum absolute atomic E-state index is 9.08. The molecule has 0 bridgehead atoms. The molecular formula is C30H23Cl2N5O. The molecule has 0 aliphatic heterocycles. The molecule has 0 spiro atoms. The summed E-state index contributed by atoms with van der Waals surface area (Å²) in [6.07, 6.45) is 1.72. The van der Waals surface area contributed by atoms with E-state index in [2.05, 4.69) is 21.2 Å². The molecule has 0 amide bonds. The Morgan fingerprint density at radius 2 is 1.58 bits per heavy atom. The van der Waals surface area contributed by atoms with Crippen molar-refractivity contribution in [2.75, 3.05) is 4.90 Å². The van der Waals surface area contributed by atoms with Gasteiger partial charge in [0.2, 0.25) is 0 Å². The molecule has 5 rings (SSSR count). The highest BCUT2D eigenvalue weighted by atomic mass is 35.5. The van der Waals surface area contributed by atoms with Crippen LogP contribution in [0.5, 0.6) is 11.5 Å². The Balaban J connectivity index is 1.40. The van der Waals surface area contributed by atoms with Crippen LogP contribution in [0.15, 0.2) is 103 Å². The first-order chi connectivity index (χ1) is 18.6. The summed E-state index contributed by atoms with van der Waals surface area (Å²) < 4.78 is 7.98. The highest BCUT2D eigenvalue weighted by Gasteiger charge is 2.15. The van der Waals surface area contributed by atoms with Gasteiger partial charge < -0.3 is 14.2 Å². The first kappa shape index (κ1) is 25.3. The third kappa shape index (κ3) is 6.33. The van der Waals surface area contributed by atoms with Crippen LogP contribution in [0.3, 0.4) is 0 Å². The Kier molecular flexibility index (Phi) is 7.89. The van der Waals surface area contributed by atoms with Crippen LogP contribution in [-0.2, 0) is 19.6 Å². The minimum absolute atomic E-state index is 0.494. The van der Waals surface area contributed by atoms with Crippen LogP contribution < -0.4 is 9.64 Å². The summed E-state index contributed by atoms with van der Waals surface area (Å²) in [5, 5.41) is 18.8. The number of aromatic nitrogens is 3. The molecule has 8 heteroatoms. The molecule has 1 aromatic heterocycles. The fourth-order valence-electron chi connectivity index (χ4n) is 4.03. The molecule has 0 saturated heterocycles. The summed E-state index contributed by atoms with van der Waals surface area (Å²) in [7, 11) is 0. The number of benzene rings is 4. The molecular weight excluding hydrogens is 517 g/mol. The van der Waals surface area contributed by atoms with Crippen LogP contribution in [0.4, 0.5) is 5.69 Å².